The first kappa shape index (κ1) is 17.0. The fourth-order valence-electron chi connectivity index (χ4n) is 1.70. The van der Waals surface area contributed by atoms with Crippen LogP contribution in [0.1, 0.15) is 5.56 Å². The minimum absolute atomic E-state index is 0.0362. The molecule has 1 amide bonds. The van der Waals surface area contributed by atoms with Crippen LogP contribution in [-0.2, 0) is 14.9 Å². The third-order valence-electron chi connectivity index (χ3n) is 2.75. The van der Waals surface area contributed by atoms with Gasteiger partial charge in [0.15, 0.2) is 5.62 Å². The molecule has 0 heterocycles. The van der Waals surface area contributed by atoms with E-state index in [1.54, 1.807) is 18.2 Å². The van der Waals surface area contributed by atoms with E-state index in [1.807, 2.05) is 6.92 Å². The van der Waals surface area contributed by atoms with Crippen LogP contribution in [0.25, 0.3) is 0 Å². The average Bonchev–Trinajstić information content (AvgIpc) is 2.47. The number of amides is 1. The second kappa shape index (κ2) is 7.30. The molecule has 0 fully saturated rings. The van der Waals surface area contributed by atoms with Crippen molar-refractivity contribution >= 4 is 38.4 Å². The molecule has 0 radical (unpaired) electrons. The van der Waals surface area contributed by atoms with E-state index in [9.17, 15) is 18.0 Å². The van der Waals surface area contributed by atoms with Gasteiger partial charge in [0, 0.05) is 23.5 Å². The van der Waals surface area contributed by atoms with E-state index in [2.05, 4.69) is 5.32 Å². The minimum Gasteiger partial charge on any atom is -0.379 e. The van der Waals surface area contributed by atoms with Crippen molar-refractivity contribution in [2.75, 3.05) is 5.32 Å². The monoisotopic (exact) mass is 351 g/mol. The second-order valence-electron chi connectivity index (χ2n) is 4.50. The number of benzene rings is 2. The van der Waals surface area contributed by atoms with Crippen LogP contribution in [0.15, 0.2) is 53.4 Å². The van der Waals surface area contributed by atoms with Gasteiger partial charge in [0.05, 0.1) is 0 Å². The maximum absolute atomic E-state index is 12.2. The normalized spacial score (nSPS) is 10.8. The number of hydrogen-bond acceptors (Lipinski definition) is 6. The lowest BCUT2D eigenvalue weighted by molar-refractivity contribution is 0.270. The summed E-state index contributed by atoms with van der Waals surface area (Å²) < 4.78 is 29.4. The second-order valence-corrected chi connectivity index (χ2v) is 6.85. The van der Waals surface area contributed by atoms with Crippen LogP contribution in [-0.4, -0.2) is 19.3 Å². The van der Waals surface area contributed by atoms with Gasteiger partial charge in [0.25, 0.3) is 5.24 Å². The molecule has 0 unspecified atom stereocenters. The van der Waals surface area contributed by atoms with Gasteiger partial charge in [-0.15, -0.1) is 0 Å². The summed E-state index contributed by atoms with van der Waals surface area (Å²) in [7, 11) is -3.96. The van der Waals surface area contributed by atoms with Crippen molar-refractivity contribution in [2.24, 2.45) is 0 Å². The predicted molar refractivity (Wildman–Crippen MR) is 88.8 cm³/mol. The molecule has 0 aliphatic rings. The third kappa shape index (κ3) is 4.83. The summed E-state index contributed by atoms with van der Waals surface area (Å²) in [5.41, 5.74) is 1.65. The van der Waals surface area contributed by atoms with Crippen LogP contribution in [0.3, 0.4) is 0 Å². The number of nitrogens with one attached hydrogen (secondary N) is 1. The number of anilines is 1. The van der Waals surface area contributed by atoms with Crippen molar-refractivity contribution in [1.29, 1.82) is 0 Å². The van der Waals surface area contributed by atoms with Crippen molar-refractivity contribution in [1.82, 2.24) is 0 Å². The Morgan fingerprint density at radius 3 is 2.52 bits per heavy atom. The first-order valence-electron chi connectivity index (χ1n) is 6.43. The fraction of sp³-hybridized carbons (Fsp3) is 0.0667. The molecule has 120 valence electrons. The first-order valence-corrected chi connectivity index (χ1v) is 8.72. The van der Waals surface area contributed by atoms with Crippen molar-refractivity contribution < 1.29 is 22.2 Å². The van der Waals surface area contributed by atoms with Crippen molar-refractivity contribution in [2.45, 2.75) is 11.8 Å². The zero-order valence-corrected chi connectivity index (χ0v) is 13.7. The smallest absolute Gasteiger partial charge is 0.339 e. The van der Waals surface area contributed by atoms with E-state index in [0.717, 1.165) is 5.56 Å². The number of rotatable bonds is 5. The molecule has 23 heavy (non-hydrogen) atoms. The summed E-state index contributed by atoms with van der Waals surface area (Å²) in [5.74, 6) is 0.0551. The lowest BCUT2D eigenvalue weighted by atomic mass is 10.2. The maximum atomic E-state index is 12.2. The zero-order chi connectivity index (χ0) is 16.9. The van der Waals surface area contributed by atoms with Crippen LogP contribution in [0.4, 0.5) is 10.5 Å². The van der Waals surface area contributed by atoms with Gasteiger partial charge in [-0.25, -0.2) is 0 Å². The van der Waals surface area contributed by atoms with Gasteiger partial charge in [-0.2, -0.15) is 8.42 Å². The van der Waals surface area contributed by atoms with Gasteiger partial charge < -0.3 is 9.50 Å². The van der Waals surface area contributed by atoms with Gasteiger partial charge >= 0.3 is 10.1 Å². The number of carbonyl (C=O) groups excluding carboxylic acids is 2. The first-order chi connectivity index (χ1) is 10.9. The minimum atomic E-state index is -3.96. The zero-order valence-electron chi connectivity index (χ0n) is 12.1. The van der Waals surface area contributed by atoms with Gasteiger partial charge in [-0.3, -0.25) is 9.59 Å². The number of aryl methyl sites for hydroxylation is 1. The van der Waals surface area contributed by atoms with Gasteiger partial charge in [-0.05, 0) is 31.2 Å². The quantitative estimate of drug-likeness (QED) is 0.657. The summed E-state index contributed by atoms with van der Waals surface area (Å²) in [5, 5.41) is 1.86. The van der Waals surface area contributed by atoms with Gasteiger partial charge in [-0.1, -0.05) is 23.8 Å². The van der Waals surface area contributed by atoms with Crippen LogP contribution < -0.4 is 9.50 Å². The SMILES string of the molecule is Cc1ccc(S(=O)(=O)Oc2cccc(NC(=O)SC=O)c2)cc1. The molecule has 0 spiro atoms. The summed E-state index contributed by atoms with van der Waals surface area (Å²) in [6.07, 6.45) is 0. The molecule has 8 heteroatoms. The standard InChI is InChI=1S/C15H13NO5S2/c1-11-5-7-14(8-6-11)23(19,20)21-13-4-2-3-12(9-13)16-15(18)22-10-17/h2-10H,1H3,(H,16,18). The Hall–Kier alpha value is -2.32. The Balaban J connectivity index is 2.17. The van der Waals surface area contributed by atoms with Crippen LogP contribution >= 0.6 is 11.8 Å². The number of carbonyl (C=O) groups is 2. The Bertz CT molecular complexity index is 816. The molecule has 0 aliphatic carbocycles. The lowest BCUT2D eigenvalue weighted by Gasteiger charge is -2.09. The van der Waals surface area contributed by atoms with Crippen molar-refractivity contribution in [3.05, 3.63) is 54.1 Å². The molecule has 6 nitrogen and oxygen atoms in total. The average molecular weight is 351 g/mol. The largest absolute Gasteiger partial charge is 0.379 e. The highest BCUT2D eigenvalue weighted by atomic mass is 32.2. The molecule has 0 aromatic heterocycles. The lowest BCUT2D eigenvalue weighted by Crippen LogP contribution is -2.10. The summed E-state index contributed by atoms with van der Waals surface area (Å²) in [4.78, 5) is 21.6. The van der Waals surface area contributed by atoms with E-state index in [1.165, 1.54) is 30.3 Å². The molecule has 0 bridgehead atoms. The van der Waals surface area contributed by atoms with E-state index >= 15 is 0 Å². The van der Waals surface area contributed by atoms with Crippen molar-refractivity contribution in [3.63, 3.8) is 0 Å². The topological polar surface area (TPSA) is 89.5 Å². The van der Waals surface area contributed by atoms with Crippen LogP contribution in [0.2, 0.25) is 0 Å². The Labute approximate surface area is 138 Å². The highest BCUT2D eigenvalue weighted by Crippen LogP contribution is 2.23. The fourth-order valence-corrected chi connectivity index (χ4v) is 2.88. The van der Waals surface area contributed by atoms with Crippen LogP contribution in [0.5, 0.6) is 5.75 Å². The van der Waals surface area contributed by atoms with E-state index < -0.39 is 15.4 Å². The van der Waals surface area contributed by atoms with E-state index in [-0.39, 0.29) is 10.6 Å². The van der Waals surface area contributed by atoms with E-state index in [4.69, 9.17) is 4.18 Å². The van der Waals surface area contributed by atoms with Gasteiger partial charge in [0.1, 0.15) is 10.6 Å². The van der Waals surface area contributed by atoms with Crippen molar-refractivity contribution in [3.8, 4) is 5.75 Å². The Morgan fingerprint density at radius 2 is 1.87 bits per heavy atom. The molecule has 0 aliphatic heterocycles. The number of hydrogen-bond donors (Lipinski definition) is 1. The molecule has 1 N–H and O–H groups in total. The molecule has 2 aromatic rings. The summed E-state index contributed by atoms with van der Waals surface area (Å²) in [6, 6.07) is 12.1. The summed E-state index contributed by atoms with van der Waals surface area (Å²) >= 11 is 0.454. The molecular formula is C15H13NO5S2. The summed E-state index contributed by atoms with van der Waals surface area (Å²) in [6.45, 7) is 1.85. The maximum Gasteiger partial charge on any atom is 0.339 e. The molecular weight excluding hydrogens is 338 g/mol. The van der Waals surface area contributed by atoms with E-state index in [0.29, 0.717) is 23.1 Å². The Morgan fingerprint density at radius 1 is 1.17 bits per heavy atom. The van der Waals surface area contributed by atoms with Crippen LogP contribution in [0, 0.1) is 6.92 Å². The molecule has 0 saturated carbocycles. The highest BCUT2D eigenvalue weighted by molar-refractivity contribution is 8.24. The molecule has 2 aromatic carbocycles. The Kier molecular flexibility index (Phi) is 5.41. The predicted octanol–water partition coefficient (Wildman–Crippen LogP) is 3.22. The highest BCUT2D eigenvalue weighted by Gasteiger charge is 2.16. The molecule has 0 saturated heterocycles. The molecule has 2 rings (SSSR count). The third-order valence-corrected chi connectivity index (χ3v) is 4.42. The van der Waals surface area contributed by atoms with Gasteiger partial charge in [0.2, 0.25) is 0 Å². The number of thioether (sulfide) groups is 1. The molecule has 0 atom stereocenters.